The number of rotatable bonds is 18. The summed E-state index contributed by atoms with van der Waals surface area (Å²) in [5.74, 6) is -2.02. The van der Waals surface area contributed by atoms with Crippen LogP contribution in [0.5, 0.6) is 0 Å². The van der Waals surface area contributed by atoms with Gasteiger partial charge in [-0.05, 0) is 72.7 Å². The number of nitrogens with one attached hydrogen (secondary N) is 4. The number of pyridine rings is 2. The summed E-state index contributed by atoms with van der Waals surface area (Å²) in [4.78, 5) is 80.8. The molecule has 3 aromatic heterocycles. The molecule has 1 aliphatic rings. The number of amides is 5. The number of aromatic nitrogens is 3. The van der Waals surface area contributed by atoms with E-state index >= 15 is 4.39 Å². The SMILES string of the molecule is Cc1ncsc1-c1ccc(CNC(=O)C2C[C@@H](O)CN2C(=O)[C@@H](NC(=O)CCCCCNC(=O)CCCC(=O)Nc2cc3cc(-c4cncc(N)c4C)c(F)c(N)c3cn2)C(C)(C)C)cc1. The first-order valence-electron chi connectivity index (χ1n) is 22.1. The highest BCUT2D eigenvalue weighted by molar-refractivity contribution is 7.13. The van der Waals surface area contributed by atoms with Gasteiger partial charge < -0.3 is 42.7 Å². The van der Waals surface area contributed by atoms with Crippen molar-refractivity contribution in [2.75, 3.05) is 29.9 Å². The Balaban J connectivity index is 0.889. The predicted molar refractivity (Wildman–Crippen MR) is 254 cm³/mol. The van der Waals surface area contributed by atoms with Crippen LogP contribution >= 0.6 is 11.3 Å². The van der Waals surface area contributed by atoms with Gasteiger partial charge in [0, 0.05) is 74.2 Å². The lowest BCUT2D eigenvalue weighted by Crippen LogP contribution is -2.57. The van der Waals surface area contributed by atoms with Gasteiger partial charge in [0.15, 0.2) is 5.82 Å². The lowest BCUT2D eigenvalue weighted by Gasteiger charge is -2.35. The fourth-order valence-electron chi connectivity index (χ4n) is 7.91. The molecule has 66 heavy (non-hydrogen) atoms. The van der Waals surface area contributed by atoms with Gasteiger partial charge in [0.1, 0.15) is 17.9 Å². The van der Waals surface area contributed by atoms with Crippen molar-refractivity contribution >= 4 is 68.8 Å². The molecule has 1 fully saturated rings. The number of nitrogens with zero attached hydrogens (tertiary/aromatic N) is 4. The molecule has 9 N–H and O–H groups in total. The Morgan fingerprint density at radius 2 is 1.62 bits per heavy atom. The minimum Gasteiger partial charge on any atom is -0.397 e. The third kappa shape index (κ3) is 12.2. The Morgan fingerprint density at radius 3 is 2.33 bits per heavy atom. The topological polar surface area (TPSA) is 248 Å². The summed E-state index contributed by atoms with van der Waals surface area (Å²) in [6.45, 7) is 9.87. The molecule has 0 aliphatic carbocycles. The van der Waals surface area contributed by atoms with E-state index in [1.165, 1.54) is 23.5 Å². The van der Waals surface area contributed by atoms with E-state index in [1.54, 1.807) is 35.9 Å². The lowest BCUT2D eigenvalue weighted by atomic mass is 9.85. The number of nitrogens with two attached hydrogens (primary N) is 2. The van der Waals surface area contributed by atoms with Crippen molar-refractivity contribution in [3.8, 4) is 21.6 Å². The smallest absolute Gasteiger partial charge is 0.246 e. The number of unbranched alkanes of at least 4 members (excludes halogenated alkanes) is 2. The summed E-state index contributed by atoms with van der Waals surface area (Å²) in [7, 11) is 0. The highest BCUT2D eigenvalue weighted by Gasteiger charge is 2.44. The van der Waals surface area contributed by atoms with Crippen molar-refractivity contribution in [1.82, 2.24) is 35.8 Å². The number of halogens is 1. The van der Waals surface area contributed by atoms with Crippen molar-refractivity contribution in [2.45, 2.75) is 111 Å². The predicted octanol–water partition coefficient (Wildman–Crippen LogP) is 5.94. The Labute approximate surface area is 387 Å². The molecule has 1 saturated heterocycles. The number of hydrogen-bond donors (Lipinski definition) is 7. The zero-order valence-electron chi connectivity index (χ0n) is 38.0. The summed E-state index contributed by atoms with van der Waals surface area (Å²) < 4.78 is 15.3. The molecule has 0 saturated carbocycles. The van der Waals surface area contributed by atoms with Crippen LogP contribution in [0.3, 0.4) is 0 Å². The van der Waals surface area contributed by atoms with E-state index in [2.05, 4.69) is 36.2 Å². The average molecular weight is 923 g/mol. The van der Waals surface area contributed by atoms with Crippen LogP contribution in [-0.4, -0.2) is 85.8 Å². The maximum atomic E-state index is 15.3. The van der Waals surface area contributed by atoms with E-state index < -0.39 is 35.3 Å². The molecule has 2 aromatic carbocycles. The van der Waals surface area contributed by atoms with Gasteiger partial charge in [-0.3, -0.25) is 29.0 Å². The molecule has 1 aliphatic heterocycles. The number of benzene rings is 2. The molecular formula is C48H59FN10O6S. The maximum Gasteiger partial charge on any atom is 0.246 e. The largest absolute Gasteiger partial charge is 0.397 e. The van der Waals surface area contributed by atoms with Crippen LogP contribution in [0.4, 0.5) is 21.6 Å². The Morgan fingerprint density at radius 1 is 0.894 bits per heavy atom. The minimum absolute atomic E-state index is 0.0176. The monoisotopic (exact) mass is 922 g/mol. The maximum absolute atomic E-state index is 15.3. The van der Waals surface area contributed by atoms with E-state index in [4.69, 9.17) is 11.5 Å². The van der Waals surface area contributed by atoms with Crippen LogP contribution in [-0.2, 0) is 30.5 Å². The standard InChI is InChI=1S/C48H59FN10O6S/c1-27-34(22-52-24-36(27)50)33-18-31-19-38(54-23-35(31)43(51)42(33)49)57-40(62)12-9-11-39(61)53-17-8-6-7-10-41(63)58-45(48(3,4)5)47(65)59-25-32(60)20-37(59)46(64)55-21-29-13-15-30(16-14-29)44-28(2)56-26-66-44/h13-16,18-19,22-24,26,32,37,45,60H,6-12,17,20-21,25,50-51H2,1-5H3,(H,53,61)(H,55,64)(H,58,63)(H,54,57,62)/t32-,37?,45-/m1/s1. The average Bonchev–Trinajstić information content (AvgIpc) is 3.90. The molecule has 6 rings (SSSR count). The van der Waals surface area contributed by atoms with Crippen LogP contribution in [0.25, 0.3) is 32.3 Å². The zero-order chi connectivity index (χ0) is 47.7. The highest BCUT2D eigenvalue weighted by Crippen LogP contribution is 2.36. The number of likely N-dealkylation sites (tertiary alicyclic amines) is 1. The summed E-state index contributed by atoms with van der Waals surface area (Å²) in [5, 5.41) is 22.9. The number of β-amino-alcohol motifs (C(OH)–C–C–N with tert-alkyl or cyclic N) is 1. The number of aryl methyl sites for hydroxylation is 1. The molecule has 1 unspecified atom stereocenters. The fraction of sp³-hybridized carbons (Fsp3) is 0.417. The zero-order valence-corrected chi connectivity index (χ0v) is 38.8. The minimum atomic E-state index is -0.931. The number of aliphatic hydroxyl groups is 1. The number of anilines is 3. The Kier molecular flexibility index (Phi) is 16.0. The van der Waals surface area contributed by atoms with E-state index in [1.807, 2.05) is 52.0 Å². The Bertz CT molecular complexity index is 2580. The van der Waals surface area contributed by atoms with Crippen molar-refractivity contribution < 1.29 is 33.5 Å². The molecule has 5 amide bonds. The third-order valence-corrected chi connectivity index (χ3v) is 12.7. The van der Waals surface area contributed by atoms with Gasteiger partial charge in [0.2, 0.25) is 29.5 Å². The molecule has 4 heterocycles. The molecule has 350 valence electrons. The number of carbonyl (C=O) groups is 5. The first kappa shape index (κ1) is 48.9. The normalized spacial score (nSPS) is 15.3. The van der Waals surface area contributed by atoms with E-state index in [-0.39, 0.29) is 79.5 Å². The van der Waals surface area contributed by atoms with E-state index in [0.717, 1.165) is 21.7 Å². The van der Waals surface area contributed by atoms with E-state index in [0.29, 0.717) is 59.8 Å². The van der Waals surface area contributed by atoms with Gasteiger partial charge >= 0.3 is 0 Å². The van der Waals surface area contributed by atoms with Gasteiger partial charge in [-0.25, -0.2) is 14.4 Å². The molecular weight excluding hydrogens is 864 g/mol. The van der Waals surface area contributed by atoms with E-state index in [9.17, 15) is 29.1 Å². The fourth-order valence-corrected chi connectivity index (χ4v) is 8.72. The van der Waals surface area contributed by atoms with Crippen LogP contribution in [0.2, 0.25) is 0 Å². The first-order chi connectivity index (χ1) is 31.4. The number of hydrogen-bond acceptors (Lipinski definition) is 12. The van der Waals surface area contributed by atoms with Gasteiger partial charge in [-0.1, -0.05) is 51.5 Å². The number of carbonyl (C=O) groups excluding carboxylic acids is 5. The van der Waals surface area contributed by atoms with Crippen LogP contribution < -0.4 is 32.7 Å². The summed E-state index contributed by atoms with van der Waals surface area (Å²) in [5.41, 5.74) is 17.8. The highest BCUT2D eigenvalue weighted by atomic mass is 32.1. The molecule has 3 atom stereocenters. The second kappa shape index (κ2) is 21.6. The van der Waals surface area contributed by atoms with Crippen molar-refractivity contribution in [1.29, 1.82) is 0 Å². The summed E-state index contributed by atoms with van der Waals surface area (Å²) in [6.07, 6.45) is 6.08. The summed E-state index contributed by atoms with van der Waals surface area (Å²) >= 11 is 1.56. The van der Waals surface area contributed by atoms with Gasteiger partial charge in [-0.15, -0.1) is 11.3 Å². The van der Waals surface area contributed by atoms with Gasteiger partial charge in [-0.2, -0.15) is 0 Å². The lowest BCUT2D eigenvalue weighted by molar-refractivity contribution is -0.144. The van der Waals surface area contributed by atoms with Crippen LogP contribution in [0.15, 0.2) is 60.5 Å². The van der Waals surface area contributed by atoms with Crippen LogP contribution in [0, 0.1) is 25.1 Å². The number of aliphatic hydroxyl groups excluding tert-OH is 1. The van der Waals surface area contributed by atoms with Crippen molar-refractivity contribution in [3.63, 3.8) is 0 Å². The van der Waals surface area contributed by atoms with Gasteiger partial charge in [0.05, 0.1) is 39.8 Å². The summed E-state index contributed by atoms with van der Waals surface area (Å²) in [6, 6.07) is 9.23. The second-order valence-electron chi connectivity index (χ2n) is 17.9. The van der Waals surface area contributed by atoms with Crippen molar-refractivity contribution in [3.05, 3.63) is 83.1 Å². The van der Waals surface area contributed by atoms with Crippen molar-refractivity contribution in [2.24, 2.45) is 5.41 Å². The molecule has 0 spiro atoms. The molecule has 0 bridgehead atoms. The first-order valence-corrected chi connectivity index (χ1v) is 23.0. The quantitative estimate of drug-likeness (QED) is 0.0401. The number of thiazole rings is 1. The molecule has 5 aromatic rings. The van der Waals surface area contributed by atoms with Crippen LogP contribution in [0.1, 0.15) is 89.0 Å². The molecule has 0 radical (unpaired) electrons. The van der Waals surface area contributed by atoms with Gasteiger partial charge in [0.25, 0.3) is 0 Å². The number of nitrogen functional groups attached to an aromatic ring is 2. The molecule has 18 heteroatoms. The second-order valence-corrected chi connectivity index (χ2v) is 18.7. The number of fused-ring (bicyclic) bond motifs is 1. The Hall–Kier alpha value is -6.53. The molecule has 16 nitrogen and oxygen atoms in total. The third-order valence-electron chi connectivity index (χ3n) is 11.7.